The first-order valence-electron chi connectivity index (χ1n) is 3.14. The molecule has 1 rings (SSSR count). The van der Waals surface area contributed by atoms with Gasteiger partial charge in [0.1, 0.15) is 0 Å². The summed E-state index contributed by atoms with van der Waals surface area (Å²) >= 11 is -0.313. The Morgan fingerprint density at radius 1 is 1.50 bits per heavy atom. The van der Waals surface area contributed by atoms with E-state index in [9.17, 15) is 4.79 Å². The summed E-state index contributed by atoms with van der Waals surface area (Å²) < 4.78 is 4.25. The zero-order valence-electron chi connectivity index (χ0n) is 6.04. The molecule has 0 spiro atoms. The molecule has 0 heterocycles. The second kappa shape index (κ2) is 4.57. The summed E-state index contributed by atoms with van der Waals surface area (Å²) in [7, 11) is 0. The fourth-order valence-corrected chi connectivity index (χ4v) is 1.74. The van der Waals surface area contributed by atoms with Crippen molar-refractivity contribution in [2.45, 2.75) is 0 Å². The van der Waals surface area contributed by atoms with E-state index >= 15 is 0 Å². The quantitative estimate of drug-likeness (QED) is 0.250. The van der Waals surface area contributed by atoms with Crippen LogP contribution in [0.5, 0.6) is 0 Å². The average molecular weight is 226 g/mol. The van der Waals surface area contributed by atoms with Gasteiger partial charge in [-0.3, -0.25) is 0 Å². The molecule has 0 unspecified atom stereocenters. The summed E-state index contributed by atoms with van der Waals surface area (Å²) in [6.07, 6.45) is 0.768. The van der Waals surface area contributed by atoms with Crippen LogP contribution in [0.15, 0.2) is 28.4 Å². The summed E-state index contributed by atoms with van der Waals surface area (Å²) in [4.78, 5) is 13.1. The maximum atomic E-state index is 10.5. The predicted octanol–water partition coefficient (Wildman–Crippen LogP) is 1.05. The van der Waals surface area contributed by atoms with E-state index in [0.29, 0.717) is 5.56 Å². The molecule has 0 saturated heterocycles. The first kappa shape index (κ1) is 8.81. The number of rotatable bonds is 3. The van der Waals surface area contributed by atoms with Crippen molar-refractivity contribution in [2.75, 3.05) is 0 Å². The Labute approximate surface area is 75.6 Å². The molecule has 60 valence electrons. The molecule has 0 aliphatic rings. The normalized spacial score (nSPS) is 8.67. The Balaban J connectivity index is 2.96. The third kappa shape index (κ3) is 2.10. The van der Waals surface area contributed by atoms with Crippen LogP contribution < -0.4 is 4.46 Å². The topological polar surface area (TPSA) is 65.8 Å². The van der Waals surface area contributed by atoms with Crippen LogP contribution >= 0.6 is 0 Å². The van der Waals surface area contributed by atoms with Gasteiger partial charge < -0.3 is 0 Å². The van der Waals surface area contributed by atoms with E-state index in [1.807, 2.05) is 6.07 Å². The first-order valence-corrected chi connectivity index (χ1v) is 4.76. The molecule has 0 aliphatic heterocycles. The summed E-state index contributed by atoms with van der Waals surface area (Å²) in [6.45, 7) is 0. The molecule has 1 aromatic carbocycles. The van der Waals surface area contributed by atoms with E-state index in [4.69, 9.17) is 5.53 Å². The van der Waals surface area contributed by atoms with Gasteiger partial charge in [-0.2, -0.15) is 0 Å². The molecule has 0 N–H and O–H groups in total. The molecule has 4 nitrogen and oxygen atoms in total. The second-order valence-electron chi connectivity index (χ2n) is 1.92. The van der Waals surface area contributed by atoms with Crippen LogP contribution in [-0.2, 0) is 0 Å². The molecule has 0 bridgehead atoms. The molecule has 0 aromatic heterocycles. The van der Waals surface area contributed by atoms with Gasteiger partial charge in [-0.1, -0.05) is 0 Å². The fourth-order valence-electron chi connectivity index (χ4n) is 0.723. The SMILES string of the molecule is [N-]=[N+]=N[Se]c1ccccc1C=O. The Morgan fingerprint density at radius 3 is 2.92 bits per heavy atom. The van der Waals surface area contributed by atoms with Crippen molar-refractivity contribution in [3.05, 3.63) is 40.3 Å². The van der Waals surface area contributed by atoms with Crippen molar-refractivity contribution in [1.82, 2.24) is 0 Å². The fraction of sp³-hybridized carbons (Fsp3) is 0. The van der Waals surface area contributed by atoms with Crippen LogP contribution in [0.2, 0.25) is 0 Å². The van der Waals surface area contributed by atoms with E-state index in [1.165, 1.54) is 0 Å². The molecule has 0 saturated carbocycles. The van der Waals surface area contributed by atoms with E-state index in [0.717, 1.165) is 10.7 Å². The van der Waals surface area contributed by atoms with Crippen LogP contribution in [0, 0.1) is 0 Å². The average Bonchev–Trinajstić information content (AvgIpc) is 2.15. The van der Waals surface area contributed by atoms with Crippen molar-refractivity contribution < 1.29 is 4.79 Å². The van der Waals surface area contributed by atoms with Crippen molar-refractivity contribution in [3.8, 4) is 0 Å². The predicted molar refractivity (Wildman–Crippen MR) is 46.4 cm³/mol. The number of nitrogens with zero attached hydrogens (tertiary/aromatic N) is 3. The maximum absolute atomic E-state index is 10.5. The molecule has 0 atom stereocenters. The van der Waals surface area contributed by atoms with E-state index < -0.39 is 0 Å². The number of azide groups is 1. The zero-order chi connectivity index (χ0) is 8.81. The third-order valence-corrected chi connectivity index (χ3v) is 2.74. The van der Waals surface area contributed by atoms with Crippen molar-refractivity contribution in [1.29, 1.82) is 0 Å². The Bertz CT molecular complexity index is 333. The van der Waals surface area contributed by atoms with Crippen LogP contribution in [-0.4, -0.2) is 21.5 Å². The number of carbonyl (C=O) groups excluding carboxylic acids is 1. The molecule has 0 radical (unpaired) electrons. The molecule has 5 heteroatoms. The number of hydrogen-bond acceptors (Lipinski definition) is 2. The summed E-state index contributed by atoms with van der Waals surface area (Å²) in [6, 6.07) is 7.09. The zero-order valence-corrected chi connectivity index (χ0v) is 7.76. The van der Waals surface area contributed by atoms with Crippen LogP contribution in [0.25, 0.3) is 10.4 Å². The van der Waals surface area contributed by atoms with Crippen LogP contribution in [0.3, 0.4) is 0 Å². The molecule has 0 fully saturated rings. The monoisotopic (exact) mass is 227 g/mol. The summed E-state index contributed by atoms with van der Waals surface area (Å²) in [5.74, 6) is 0. The summed E-state index contributed by atoms with van der Waals surface area (Å²) in [5.41, 5.74) is 8.68. The number of aldehydes is 1. The number of benzene rings is 1. The molecule has 12 heavy (non-hydrogen) atoms. The summed E-state index contributed by atoms with van der Waals surface area (Å²) in [5, 5.41) is 0. The van der Waals surface area contributed by atoms with E-state index in [1.54, 1.807) is 18.2 Å². The van der Waals surface area contributed by atoms with Gasteiger partial charge in [0.2, 0.25) is 0 Å². The van der Waals surface area contributed by atoms with Gasteiger partial charge in [0.05, 0.1) is 0 Å². The Morgan fingerprint density at radius 2 is 2.25 bits per heavy atom. The van der Waals surface area contributed by atoms with Gasteiger partial charge in [-0.05, 0) is 0 Å². The van der Waals surface area contributed by atoms with Crippen molar-refractivity contribution >= 4 is 25.9 Å². The van der Waals surface area contributed by atoms with Crippen LogP contribution in [0.1, 0.15) is 10.4 Å². The standard InChI is InChI=1S/C7H5N3OSe/c8-9-10-12-7-4-2-1-3-6(7)5-11/h1-5H. The minimum absolute atomic E-state index is 0.313. The molecule has 0 aliphatic carbocycles. The number of hydrogen-bond donors (Lipinski definition) is 0. The molecular formula is C7H5N3OSe. The minimum atomic E-state index is -0.313. The molecular weight excluding hydrogens is 221 g/mol. The van der Waals surface area contributed by atoms with Crippen molar-refractivity contribution in [3.63, 3.8) is 0 Å². The second-order valence-corrected chi connectivity index (χ2v) is 3.57. The third-order valence-electron chi connectivity index (χ3n) is 1.22. The van der Waals surface area contributed by atoms with Gasteiger partial charge in [0.25, 0.3) is 0 Å². The first-order chi connectivity index (χ1) is 5.88. The number of carbonyl (C=O) groups is 1. The Kier molecular flexibility index (Phi) is 3.35. The van der Waals surface area contributed by atoms with Gasteiger partial charge in [0.15, 0.2) is 0 Å². The Hall–Kier alpha value is -1.28. The van der Waals surface area contributed by atoms with E-state index in [-0.39, 0.29) is 15.2 Å². The van der Waals surface area contributed by atoms with Crippen molar-refractivity contribution in [2.24, 2.45) is 4.13 Å². The van der Waals surface area contributed by atoms with E-state index in [2.05, 4.69) is 9.04 Å². The van der Waals surface area contributed by atoms with Gasteiger partial charge in [-0.25, -0.2) is 0 Å². The van der Waals surface area contributed by atoms with Gasteiger partial charge in [0, 0.05) is 0 Å². The van der Waals surface area contributed by atoms with Gasteiger partial charge in [-0.15, -0.1) is 0 Å². The van der Waals surface area contributed by atoms with Crippen LogP contribution in [0.4, 0.5) is 0 Å². The van der Waals surface area contributed by atoms with Gasteiger partial charge >= 0.3 is 75.1 Å². The molecule has 1 aromatic rings. The molecule has 0 amide bonds.